The minimum Gasteiger partial charge on any atom is -0.371 e. The Labute approximate surface area is 117 Å². The van der Waals surface area contributed by atoms with Crippen LogP contribution < -0.4 is 10.6 Å². The second-order valence-electron chi connectivity index (χ2n) is 4.88. The number of nitriles is 1. The fourth-order valence-corrected chi connectivity index (χ4v) is 3.02. The first-order valence-corrected chi connectivity index (χ1v) is 7.14. The molecule has 2 rings (SSSR count). The SMILES string of the molecule is CCC1CN(c2cc(Br)cc(C#N)c2)CCC1N. The highest BCUT2D eigenvalue weighted by atomic mass is 79.9. The van der Waals surface area contributed by atoms with Crippen LogP contribution in [0, 0.1) is 17.2 Å². The molecule has 18 heavy (non-hydrogen) atoms. The van der Waals surface area contributed by atoms with E-state index in [1.807, 2.05) is 12.1 Å². The van der Waals surface area contributed by atoms with Crippen LogP contribution in [0.4, 0.5) is 5.69 Å². The number of halogens is 1. The molecule has 0 amide bonds. The smallest absolute Gasteiger partial charge is 0.0992 e. The normalized spacial score (nSPS) is 23.8. The molecular formula is C14H18BrN3. The van der Waals surface area contributed by atoms with Crippen LogP contribution in [-0.2, 0) is 0 Å². The zero-order valence-electron chi connectivity index (χ0n) is 10.6. The van der Waals surface area contributed by atoms with Gasteiger partial charge in [0.05, 0.1) is 11.6 Å². The van der Waals surface area contributed by atoms with Crippen molar-refractivity contribution in [2.24, 2.45) is 11.7 Å². The van der Waals surface area contributed by atoms with Gasteiger partial charge in [0.2, 0.25) is 0 Å². The summed E-state index contributed by atoms with van der Waals surface area (Å²) in [6, 6.07) is 8.38. The zero-order valence-corrected chi connectivity index (χ0v) is 12.2. The first-order valence-electron chi connectivity index (χ1n) is 6.35. The fraction of sp³-hybridized carbons (Fsp3) is 0.500. The molecule has 2 atom stereocenters. The van der Waals surface area contributed by atoms with Crippen LogP contribution in [0.15, 0.2) is 22.7 Å². The lowest BCUT2D eigenvalue weighted by molar-refractivity contribution is 0.348. The molecule has 0 bridgehead atoms. The Morgan fingerprint density at radius 1 is 1.50 bits per heavy atom. The van der Waals surface area contributed by atoms with Crippen LogP contribution in [-0.4, -0.2) is 19.1 Å². The molecule has 0 aromatic heterocycles. The molecule has 1 aliphatic rings. The summed E-state index contributed by atoms with van der Waals surface area (Å²) in [6.45, 7) is 4.15. The summed E-state index contributed by atoms with van der Waals surface area (Å²) in [5.41, 5.74) is 7.94. The van der Waals surface area contributed by atoms with E-state index in [1.165, 1.54) is 0 Å². The van der Waals surface area contributed by atoms with E-state index >= 15 is 0 Å². The van der Waals surface area contributed by atoms with Crippen molar-refractivity contribution in [2.45, 2.75) is 25.8 Å². The number of piperidine rings is 1. The Morgan fingerprint density at radius 3 is 2.94 bits per heavy atom. The predicted octanol–water partition coefficient (Wildman–Crippen LogP) is 2.88. The first kappa shape index (κ1) is 13.4. The van der Waals surface area contributed by atoms with E-state index in [0.29, 0.717) is 17.5 Å². The van der Waals surface area contributed by atoms with Gasteiger partial charge in [0, 0.05) is 29.3 Å². The van der Waals surface area contributed by atoms with Gasteiger partial charge in [0.1, 0.15) is 0 Å². The van der Waals surface area contributed by atoms with Gasteiger partial charge < -0.3 is 10.6 Å². The molecule has 0 aliphatic carbocycles. The van der Waals surface area contributed by atoms with Gasteiger partial charge in [-0.3, -0.25) is 0 Å². The van der Waals surface area contributed by atoms with E-state index in [2.05, 4.69) is 39.9 Å². The topological polar surface area (TPSA) is 53.0 Å². The van der Waals surface area contributed by atoms with Crippen LogP contribution in [0.1, 0.15) is 25.3 Å². The molecular weight excluding hydrogens is 290 g/mol. The molecule has 1 aromatic rings. The van der Waals surface area contributed by atoms with Gasteiger partial charge in [-0.1, -0.05) is 29.3 Å². The summed E-state index contributed by atoms with van der Waals surface area (Å²) in [7, 11) is 0. The van der Waals surface area contributed by atoms with Gasteiger partial charge in [-0.15, -0.1) is 0 Å². The van der Waals surface area contributed by atoms with E-state index in [-0.39, 0.29) is 0 Å². The lowest BCUT2D eigenvalue weighted by Gasteiger charge is -2.38. The highest BCUT2D eigenvalue weighted by molar-refractivity contribution is 9.10. The largest absolute Gasteiger partial charge is 0.371 e. The minimum absolute atomic E-state index is 0.314. The van der Waals surface area contributed by atoms with Crippen LogP contribution >= 0.6 is 15.9 Å². The van der Waals surface area contributed by atoms with E-state index in [9.17, 15) is 0 Å². The van der Waals surface area contributed by atoms with E-state index < -0.39 is 0 Å². The van der Waals surface area contributed by atoms with Crippen LogP contribution in [0.5, 0.6) is 0 Å². The van der Waals surface area contributed by atoms with E-state index in [4.69, 9.17) is 11.0 Å². The minimum atomic E-state index is 0.314. The Morgan fingerprint density at radius 2 is 2.28 bits per heavy atom. The highest BCUT2D eigenvalue weighted by Gasteiger charge is 2.25. The lowest BCUT2D eigenvalue weighted by atomic mass is 9.90. The van der Waals surface area contributed by atoms with E-state index in [0.717, 1.165) is 36.1 Å². The summed E-state index contributed by atoms with van der Waals surface area (Å²) in [4.78, 5) is 2.34. The Hall–Kier alpha value is -1.05. The highest BCUT2D eigenvalue weighted by Crippen LogP contribution is 2.27. The van der Waals surface area contributed by atoms with Crippen molar-refractivity contribution in [3.63, 3.8) is 0 Å². The number of benzene rings is 1. The number of anilines is 1. The van der Waals surface area contributed by atoms with Gasteiger partial charge >= 0.3 is 0 Å². The molecule has 96 valence electrons. The number of nitrogens with two attached hydrogens (primary N) is 1. The van der Waals surface area contributed by atoms with Crippen molar-refractivity contribution in [2.75, 3.05) is 18.0 Å². The third-order valence-electron chi connectivity index (χ3n) is 3.69. The monoisotopic (exact) mass is 307 g/mol. The Bertz CT molecular complexity index is 467. The maximum atomic E-state index is 9.02. The van der Waals surface area contributed by atoms with Crippen molar-refractivity contribution >= 4 is 21.6 Å². The summed E-state index contributed by atoms with van der Waals surface area (Å²) in [5, 5.41) is 9.02. The Balaban J connectivity index is 2.22. The molecule has 2 unspecified atom stereocenters. The predicted molar refractivity (Wildman–Crippen MR) is 77.4 cm³/mol. The molecule has 0 saturated carbocycles. The van der Waals surface area contributed by atoms with Crippen LogP contribution in [0.3, 0.4) is 0 Å². The summed E-state index contributed by atoms with van der Waals surface area (Å²) >= 11 is 3.46. The van der Waals surface area contributed by atoms with Crippen molar-refractivity contribution < 1.29 is 0 Å². The molecule has 2 N–H and O–H groups in total. The lowest BCUT2D eigenvalue weighted by Crippen LogP contribution is -2.47. The van der Waals surface area contributed by atoms with Crippen molar-refractivity contribution in [3.05, 3.63) is 28.2 Å². The number of hydrogen-bond acceptors (Lipinski definition) is 3. The summed E-state index contributed by atoms with van der Waals surface area (Å²) in [5.74, 6) is 0.545. The van der Waals surface area contributed by atoms with Gasteiger partial charge in [0.25, 0.3) is 0 Å². The molecule has 0 radical (unpaired) electrons. The third kappa shape index (κ3) is 2.85. The molecule has 0 spiro atoms. The fourth-order valence-electron chi connectivity index (χ4n) is 2.54. The Kier molecular flexibility index (Phi) is 4.26. The average molecular weight is 308 g/mol. The number of hydrogen-bond donors (Lipinski definition) is 1. The number of nitrogens with zero attached hydrogens (tertiary/aromatic N) is 2. The molecule has 1 saturated heterocycles. The van der Waals surface area contributed by atoms with Gasteiger partial charge in [-0.2, -0.15) is 5.26 Å². The third-order valence-corrected chi connectivity index (χ3v) is 4.15. The van der Waals surface area contributed by atoms with Crippen molar-refractivity contribution in [3.8, 4) is 6.07 Å². The molecule has 4 heteroatoms. The van der Waals surface area contributed by atoms with Crippen LogP contribution in [0.25, 0.3) is 0 Å². The first-order chi connectivity index (χ1) is 8.63. The zero-order chi connectivity index (χ0) is 13.1. The van der Waals surface area contributed by atoms with Gasteiger partial charge in [-0.05, 0) is 30.5 Å². The summed E-state index contributed by atoms with van der Waals surface area (Å²) < 4.78 is 0.958. The summed E-state index contributed by atoms with van der Waals surface area (Å²) in [6.07, 6.45) is 2.13. The molecule has 1 heterocycles. The maximum Gasteiger partial charge on any atom is 0.0992 e. The number of rotatable bonds is 2. The molecule has 3 nitrogen and oxygen atoms in total. The van der Waals surface area contributed by atoms with Gasteiger partial charge in [-0.25, -0.2) is 0 Å². The second-order valence-corrected chi connectivity index (χ2v) is 5.79. The molecule has 1 aromatic carbocycles. The van der Waals surface area contributed by atoms with Crippen molar-refractivity contribution in [1.82, 2.24) is 0 Å². The van der Waals surface area contributed by atoms with Crippen LogP contribution in [0.2, 0.25) is 0 Å². The quantitative estimate of drug-likeness (QED) is 0.914. The van der Waals surface area contributed by atoms with E-state index in [1.54, 1.807) is 0 Å². The standard InChI is InChI=1S/C14H18BrN3/c1-2-11-9-18(4-3-14(11)17)13-6-10(8-16)5-12(15)7-13/h5-7,11,14H,2-4,9,17H2,1H3. The average Bonchev–Trinajstić information content (AvgIpc) is 2.38. The van der Waals surface area contributed by atoms with Crippen molar-refractivity contribution in [1.29, 1.82) is 5.26 Å². The molecule has 1 fully saturated rings. The maximum absolute atomic E-state index is 9.02. The second kappa shape index (κ2) is 5.73. The molecule has 1 aliphatic heterocycles. The van der Waals surface area contributed by atoms with Gasteiger partial charge in [0.15, 0.2) is 0 Å².